The summed E-state index contributed by atoms with van der Waals surface area (Å²) in [6.45, 7) is 11.1. The summed E-state index contributed by atoms with van der Waals surface area (Å²) in [6, 6.07) is 0. The molecule has 0 aromatic heterocycles. The van der Waals surface area contributed by atoms with Crippen molar-refractivity contribution in [3.05, 3.63) is 0 Å². The zero-order chi connectivity index (χ0) is 9.12. The molecule has 0 bridgehead atoms. The normalized spacial score (nSPS) is 18.0. The second kappa shape index (κ2) is 3.57. The molecule has 0 fully saturated rings. The summed E-state index contributed by atoms with van der Waals surface area (Å²) in [4.78, 5) is 0. The maximum absolute atomic E-state index is 6.08. The number of hydrogen-bond acceptors (Lipinski definition) is 1. The van der Waals surface area contributed by atoms with Gasteiger partial charge in [-0.1, -0.05) is 34.1 Å². The molecule has 1 atom stereocenters. The van der Waals surface area contributed by atoms with Crippen LogP contribution in [0.2, 0.25) is 0 Å². The van der Waals surface area contributed by atoms with Gasteiger partial charge in [0.05, 0.1) is 0 Å². The highest BCUT2D eigenvalue weighted by Crippen LogP contribution is 2.30. The molecule has 2 N–H and O–H groups in total. The van der Waals surface area contributed by atoms with Gasteiger partial charge in [-0.3, -0.25) is 0 Å². The Bertz CT molecular complexity index is 100. The topological polar surface area (TPSA) is 26.0 Å². The van der Waals surface area contributed by atoms with E-state index in [0.29, 0.717) is 5.41 Å². The second-order valence-electron chi connectivity index (χ2n) is 4.70. The zero-order valence-electron chi connectivity index (χ0n) is 8.70. The Labute approximate surface area is 71.4 Å². The minimum absolute atomic E-state index is 0.0273. The summed E-state index contributed by atoms with van der Waals surface area (Å²) >= 11 is 0. The molecule has 1 nitrogen and oxygen atoms in total. The van der Waals surface area contributed by atoms with Crippen molar-refractivity contribution in [2.45, 2.75) is 59.4 Å². The van der Waals surface area contributed by atoms with Gasteiger partial charge >= 0.3 is 0 Å². The third-order valence-corrected chi connectivity index (χ3v) is 2.65. The Balaban J connectivity index is 4.02. The standard InChI is InChI=1S/C10H23N/c1-6-9(3,4)8-10(5,11)7-2/h6-8,11H2,1-5H3. The molecule has 0 aliphatic heterocycles. The highest BCUT2D eigenvalue weighted by atomic mass is 14.7. The van der Waals surface area contributed by atoms with Crippen LogP contribution in [0, 0.1) is 5.41 Å². The second-order valence-corrected chi connectivity index (χ2v) is 4.70. The summed E-state index contributed by atoms with van der Waals surface area (Å²) in [6.07, 6.45) is 3.39. The van der Waals surface area contributed by atoms with E-state index in [1.807, 2.05) is 0 Å². The van der Waals surface area contributed by atoms with Crippen molar-refractivity contribution < 1.29 is 0 Å². The minimum atomic E-state index is 0.0273. The molecule has 0 heterocycles. The highest BCUT2D eigenvalue weighted by molar-refractivity contribution is 4.83. The Kier molecular flexibility index (Phi) is 3.56. The lowest BCUT2D eigenvalue weighted by Crippen LogP contribution is -2.39. The lowest BCUT2D eigenvalue weighted by molar-refractivity contribution is 0.233. The van der Waals surface area contributed by atoms with Gasteiger partial charge in [-0.25, -0.2) is 0 Å². The zero-order valence-corrected chi connectivity index (χ0v) is 8.70. The van der Waals surface area contributed by atoms with E-state index in [0.717, 1.165) is 12.8 Å². The summed E-state index contributed by atoms with van der Waals surface area (Å²) in [5.74, 6) is 0. The van der Waals surface area contributed by atoms with Gasteiger partial charge in [-0.05, 0) is 25.2 Å². The van der Waals surface area contributed by atoms with E-state index >= 15 is 0 Å². The summed E-state index contributed by atoms with van der Waals surface area (Å²) < 4.78 is 0. The lowest BCUT2D eigenvalue weighted by atomic mass is 9.77. The van der Waals surface area contributed by atoms with E-state index in [9.17, 15) is 0 Å². The molecule has 0 aromatic rings. The average molecular weight is 157 g/mol. The van der Waals surface area contributed by atoms with Crippen LogP contribution in [0.25, 0.3) is 0 Å². The van der Waals surface area contributed by atoms with Crippen molar-refractivity contribution in [2.75, 3.05) is 0 Å². The molecule has 0 radical (unpaired) electrons. The molecule has 0 amide bonds. The van der Waals surface area contributed by atoms with Gasteiger partial charge in [0.1, 0.15) is 0 Å². The fourth-order valence-electron chi connectivity index (χ4n) is 1.34. The van der Waals surface area contributed by atoms with Crippen molar-refractivity contribution in [1.29, 1.82) is 0 Å². The first-order chi connectivity index (χ1) is 4.83. The van der Waals surface area contributed by atoms with Gasteiger partial charge in [-0.2, -0.15) is 0 Å². The first-order valence-electron chi connectivity index (χ1n) is 4.62. The van der Waals surface area contributed by atoms with Crippen LogP contribution in [0.15, 0.2) is 0 Å². The van der Waals surface area contributed by atoms with Gasteiger partial charge in [0.25, 0.3) is 0 Å². The Morgan fingerprint density at radius 3 is 1.73 bits per heavy atom. The van der Waals surface area contributed by atoms with Crippen LogP contribution in [-0.4, -0.2) is 5.54 Å². The van der Waals surface area contributed by atoms with Crippen molar-refractivity contribution in [3.8, 4) is 0 Å². The van der Waals surface area contributed by atoms with Crippen molar-refractivity contribution in [3.63, 3.8) is 0 Å². The number of hydrogen-bond donors (Lipinski definition) is 1. The Morgan fingerprint density at radius 2 is 1.45 bits per heavy atom. The lowest BCUT2D eigenvalue weighted by Gasteiger charge is -2.33. The smallest absolute Gasteiger partial charge is 0.0128 e. The van der Waals surface area contributed by atoms with Crippen molar-refractivity contribution in [1.82, 2.24) is 0 Å². The Morgan fingerprint density at radius 1 is 1.00 bits per heavy atom. The largest absolute Gasteiger partial charge is 0.325 e. The fraction of sp³-hybridized carbons (Fsp3) is 1.00. The van der Waals surface area contributed by atoms with E-state index < -0.39 is 0 Å². The van der Waals surface area contributed by atoms with Crippen LogP contribution < -0.4 is 5.73 Å². The molecular formula is C10H23N. The van der Waals surface area contributed by atoms with Crippen LogP contribution in [-0.2, 0) is 0 Å². The molecule has 0 saturated heterocycles. The molecule has 0 aromatic carbocycles. The Hall–Kier alpha value is -0.0400. The first kappa shape index (κ1) is 11.0. The summed E-state index contributed by atoms with van der Waals surface area (Å²) in [5, 5.41) is 0. The van der Waals surface area contributed by atoms with Crippen molar-refractivity contribution in [2.24, 2.45) is 11.1 Å². The molecule has 0 rings (SSSR count). The molecule has 68 valence electrons. The molecule has 0 aliphatic carbocycles. The van der Waals surface area contributed by atoms with Crippen LogP contribution in [0.3, 0.4) is 0 Å². The van der Waals surface area contributed by atoms with E-state index in [1.54, 1.807) is 0 Å². The first-order valence-corrected chi connectivity index (χ1v) is 4.62. The molecule has 0 spiro atoms. The molecule has 0 aliphatic rings. The average Bonchev–Trinajstić information content (AvgIpc) is 1.86. The van der Waals surface area contributed by atoms with Gasteiger partial charge < -0.3 is 5.73 Å². The maximum Gasteiger partial charge on any atom is 0.0128 e. The van der Waals surface area contributed by atoms with E-state index in [-0.39, 0.29) is 5.54 Å². The van der Waals surface area contributed by atoms with Gasteiger partial charge in [0.2, 0.25) is 0 Å². The molecule has 11 heavy (non-hydrogen) atoms. The molecular weight excluding hydrogens is 134 g/mol. The predicted molar refractivity (Wildman–Crippen MR) is 51.6 cm³/mol. The third-order valence-electron chi connectivity index (χ3n) is 2.65. The quantitative estimate of drug-likeness (QED) is 0.667. The molecule has 1 heteroatoms. The minimum Gasteiger partial charge on any atom is -0.325 e. The maximum atomic E-state index is 6.08. The predicted octanol–water partition coefficient (Wildman–Crippen LogP) is 2.94. The van der Waals surface area contributed by atoms with E-state index in [1.165, 1.54) is 6.42 Å². The third kappa shape index (κ3) is 4.41. The van der Waals surface area contributed by atoms with Gasteiger partial charge in [0, 0.05) is 5.54 Å². The number of nitrogens with two attached hydrogens (primary N) is 1. The van der Waals surface area contributed by atoms with Crippen LogP contribution in [0.1, 0.15) is 53.9 Å². The van der Waals surface area contributed by atoms with Gasteiger partial charge in [0.15, 0.2) is 0 Å². The molecule has 1 unspecified atom stereocenters. The summed E-state index contributed by atoms with van der Waals surface area (Å²) in [7, 11) is 0. The SMILES string of the molecule is CCC(C)(C)CC(C)(N)CC. The number of rotatable bonds is 4. The monoisotopic (exact) mass is 157 g/mol. The van der Waals surface area contributed by atoms with Crippen LogP contribution >= 0.6 is 0 Å². The van der Waals surface area contributed by atoms with Crippen LogP contribution in [0.5, 0.6) is 0 Å². The molecule has 0 saturated carbocycles. The van der Waals surface area contributed by atoms with E-state index in [2.05, 4.69) is 34.6 Å². The van der Waals surface area contributed by atoms with Gasteiger partial charge in [-0.15, -0.1) is 0 Å². The highest BCUT2D eigenvalue weighted by Gasteiger charge is 2.25. The van der Waals surface area contributed by atoms with Crippen LogP contribution in [0.4, 0.5) is 0 Å². The van der Waals surface area contributed by atoms with E-state index in [4.69, 9.17) is 5.73 Å². The summed E-state index contributed by atoms with van der Waals surface area (Å²) in [5.41, 5.74) is 6.51. The fourth-order valence-corrected chi connectivity index (χ4v) is 1.34. The van der Waals surface area contributed by atoms with Crippen molar-refractivity contribution >= 4 is 0 Å².